The second kappa shape index (κ2) is 4.58. The largest absolute Gasteiger partial charge is 0.374 e. The Bertz CT molecular complexity index is 383. The average molecular weight is 258 g/mol. The van der Waals surface area contributed by atoms with E-state index >= 15 is 0 Å². The van der Waals surface area contributed by atoms with E-state index in [0.29, 0.717) is 16.7 Å². The smallest absolute Gasteiger partial charge is 0.282 e. The van der Waals surface area contributed by atoms with Gasteiger partial charge in [0.1, 0.15) is 0 Å². The molecule has 1 aliphatic rings. The Balaban J connectivity index is 1.88. The minimum Gasteiger partial charge on any atom is -0.374 e. The summed E-state index contributed by atoms with van der Waals surface area (Å²) in [6.45, 7) is 0.701. The highest BCUT2D eigenvalue weighted by Gasteiger charge is 2.36. The molecule has 0 bridgehead atoms. The first-order valence-corrected chi connectivity index (χ1v) is 7.12. The Hall–Kier alpha value is -0.820. The Morgan fingerprint density at radius 2 is 2.38 bits per heavy atom. The van der Waals surface area contributed by atoms with Crippen molar-refractivity contribution in [2.75, 3.05) is 18.5 Å². The lowest BCUT2D eigenvalue weighted by Crippen LogP contribution is -2.45. The van der Waals surface area contributed by atoms with Crippen molar-refractivity contribution in [3.8, 4) is 0 Å². The number of thioether (sulfide) groups is 1. The molecule has 1 aliphatic carbocycles. The van der Waals surface area contributed by atoms with Crippen LogP contribution in [0.1, 0.15) is 29.1 Å². The highest BCUT2D eigenvalue weighted by Crippen LogP contribution is 2.42. The molecule has 0 saturated heterocycles. The molecule has 5 nitrogen and oxygen atoms in total. The van der Waals surface area contributed by atoms with Gasteiger partial charge in [-0.2, -0.15) is 11.8 Å². The van der Waals surface area contributed by atoms with Gasteiger partial charge in [-0.05, 0) is 19.1 Å². The summed E-state index contributed by atoms with van der Waals surface area (Å²) in [6.07, 6.45) is 5.69. The van der Waals surface area contributed by atoms with E-state index in [1.54, 1.807) is 0 Å². The fraction of sp³-hybridized carbons (Fsp3) is 0.667. The summed E-state index contributed by atoms with van der Waals surface area (Å²) in [4.78, 5) is 11.7. The summed E-state index contributed by atoms with van der Waals surface area (Å²) in [7, 11) is 0. The van der Waals surface area contributed by atoms with Crippen molar-refractivity contribution in [2.45, 2.75) is 24.0 Å². The summed E-state index contributed by atoms with van der Waals surface area (Å²) >= 11 is 2.95. The maximum Gasteiger partial charge on any atom is 0.282 e. The van der Waals surface area contributed by atoms with Crippen LogP contribution in [0.5, 0.6) is 0 Å². The van der Waals surface area contributed by atoms with Crippen molar-refractivity contribution in [1.29, 1.82) is 0 Å². The number of anilines is 1. The molecule has 88 valence electrons. The van der Waals surface area contributed by atoms with Gasteiger partial charge in [0.05, 0.1) is 0 Å². The van der Waals surface area contributed by atoms with Crippen LogP contribution in [-0.4, -0.2) is 33.7 Å². The first-order valence-electron chi connectivity index (χ1n) is 5.07. The molecule has 16 heavy (non-hydrogen) atoms. The molecule has 1 saturated carbocycles. The minimum atomic E-state index is -0.172. The van der Waals surface area contributed by atoms with Crippen LogP contribution in [-0.2, 0) is 0 Å². The number of nitrogens with one attached hydrogen (secondary N) is 1. The summed E-state index contributed by atoms with van der Waals surface area (Å²) in [5.74, 6) is -0.172. The van der Waals surface area contributed by atoms with E-state index in [0.717, 1.165) is 11.3 Å². The van der Waals surface area contributed by atoms with Crippen molar-refractivity contribution in [1.82, 2.24) is 15.5 Å². The predicted molar refractivity (Wildman–Crippen MR) is 66.8 cm³/mol. The molecule has 0 aromatic carbocycles. The molecule has 7 heteroatoms. The molecule has 1 aromatic rings. The zero-order valence-electron chi connectivity index (χ0n) is 9.02. The number of rotatable bonds is 4. The third-order valence-electron chi connectivity index (χ3n) is 2.90. The number of hydrogen-bond donors (Lipinski definition) is 2. The van der Waals surface area contributed by atoms with Crippen molar-refractivity contribution in [3.05, 3.63) is 5.01 Å². The molecule has 2 rings (SSSR count). The van der Waals surface area contributed by atoms with E-state index in [-0.39, 0.29) is 10.7 Å². The lowest BCUT2D eigenvalue weighted by atomic mass is 9.84. The predicted octanol–water partition coefficient (Wildman–Crippen LogP) is 1.14. The van der Waals surface area contributed by atoms with Crippen molar-refractivity contribution in [2.24, 2.45) is 0 Å². The third-order valence-corrected chi connectivity index (χ3v) is 5.07. The van der Waals surface area contributed by atoms with Crippen LogP contribution in [0.25, 0.3) is 0 Å². The maximum absolute atomic E-state index is 11.7. The quantitative estimate of drug-likeness (QED) is 0.846. The molecule has 1 heterocycles. The van der Waals surface area contributed by atoms with Gasteiger partial charge in [-0.25, -0.2) is 0 Å². The van der Waals surface area contributed by atoms with Gasteiger partial charge < -0.3 is 11.1 Å². The molecule has 0 atom stereocenters. The number of amides is 1. The lowest BCUT2D eigenvalue weighted by molar-refractivity contribution is 0.0943. The number of nitrogens with two attached hydrogens (primary N) is 1. The monoisotopic (exact) mass is 258 g/mol. The topological polar surface area (TPSA) is 80.9 Å². The lowest BCUT2D eigenvalue weighted by Gasteiger charge is -2.40. The molecule has 0 unspecified atom stereocenters. The van der Waals surface area contributed by atoms with E-state index in [1.807, 2.05) is 11.8 Å². The van der Waals surface area contributed by atoms with Crippen LogP contribution in [0.3, 0.4) is 0 Å². The minimum absolute atomic E-state index is 0.172. The van der Waals surface area contributed by atoms with E-state index in [2.05, 4.69) is 21.8 Å². The average Bonchev–Trinajstić information content (AvgIpc) is 2.64. The molecular formula is C9H14N4OS2. The molecular weight excluding hydrogens is 244 g/mol. The van der Waals surface area contributed by atoms with E-state index in [9.17, 15) is 4.79 Å². The van der Waals surface area contributed by atoms with Gasteiger partial charge in [-0.1, -0.05) is 17.8 Å². The van der Waals surface area contributed by atoms with Crippen LogP contribution in [0.2, 0.25) is 0 Å². The van der Waals surface area contributed by atoms with Gasteiger partial charge in [0.25, 0.3) is 5.91 Å². The molecule has 0 spiro atoms. The standard InChI is InChI=1S/C9H14N4OS2/c1-15-9(3-2-4-9)5-11-6(14)7-12-13-8(10)16-7/h2-5H2,1H3,(H2,10,13)(H,11,14). The number of aromatic nitrogens is 2. The van der Waals surface area contributed by atoms with Gasteiger partial charge in [0, 0.05) is 11.3 Å². The van der Waals surface area contributed by atoms with Crippen molar-refractivity contribution >= 4 is 34.1 Å². The Labute approximate surface area is 102 Å². The molecule has 0 aliphatic heterocycles. The van der Waals surface area contributed by atoms with Crippen molar-refractivity contribution in [3.63, 3.8) is 0 Å². The maximum atomic E-state index is 11.7. The van der Waals surface area contributed by atoms with Crippen LogP contribution in [0.15, 0.2) is 0 Å². The second-order valence-electron chi connectivity index (χ2n) is 3.87. The number of carbonyl (C=O) groups is 1. The van der Waals surface area contributed by atoms with Crippen molar-refractivity contribution < 1.29 is 4.79 Å². The first-order chi connectivity index (χ1) is 7.65. The second-order valence-corrected chi connectivity index (χ2v) is 6.15. The van der Waals surface area contributed by atoms with Gasteiger partial charge in [0.15, 0.2) is 0 Å². The van der Waals surface area contributed by atoms with Gasteiger partial charge >= 0.3 is 0 Å². The molecule has 1 fully saturated rings. The Morgan fingerprint density at radius 1 is 1.62 bits per heavy atom. The number of hydrogen-bond acceptors (Lipinski definition) is 6. The van der Waals surface area contributed by atoms with Crippen LogP contribution >= 0.6 is 23.1 Å². The Morgan fingerprint density at radius 3 is 2.81 bits per heavy atom. The molecule has 3 N–H and O–H groups in total. The summed E-state index contributed by atoms with van der Waals surface area (Å²) in [5.41, 5.74) is 5.42. The van der Waals surface area contributed by atoms with Gasteiger partial charge in [-0.15, -0.1) is 10.2 Å². The van der Waals surface area contributed by atoms with E-state index in [4.69, 9.17) is 5.73 Å². The van der Waals surface area contributed by atoms with Crippen LogP contribution in [0.4, 0.5) is 5.13 Å². The summed E-state index contributed by atoms with van der Waals surface area (Å²) in [5, 5.41) is 10.9. The van der Waals surface area contributed by atoms with Crippen LogP contribution < -0.4 is 11.1 Å². The zero-order valence-corrected chi connectivity index (χ0v) is 10.7. The number of nitrogens with zero attached hydrogens (tertiary/aromatic N) is 2. The SMILES string of the molecule is CSC1(CNC(=O)c2nnc(N)s2)CCC1. The molecule has 1 aromatic heterocycles. The first kappa shape index (κ1) is 11.7. The Kier molecular flexibility index (Phi) is 3.34. The zero-order chi connectivity index (χ0) is 11.6. The highest BCUT2D eigenvalue weighted by molar-refractivity contribution is 8.00. The van der Waals surface area contributed by atoms with E-state index in [1.165, 1.54) is 19.3 Å². The fourth-order valence-electron chi connectivity index (χ4n) is 1.67. The molecule has 0 radical (unpaired) electrons. The van der Waals surface area contributed by atoms with Gasteiger partial charge in [-0.3, -0.25) is 4.79 Å². The summed E-state index contributed by atoms with van der Waals surface area (Å²) < 4.78 is 0.242. The fourth-order valence-corrected chi connectivity index (χ4v) is 3.11. The number of nitrogen functional groups attached to an aromatic ring is 1. The number of carbonyl (C=O) groups excluding carboxylic acids is 1. The van der Waals surface area contributed by atoms with Gasteiger partial charge in [0.2, 0.25) is 10.1 Å². The van der Waals surface area contributed by atoms with E-state index < -0.39 is 0 Å². The third kappa shape index (κ3) is 2.30. The summed E-state index contributed by atoms with van der Waals surface area (Å²) in [6, 6.07) is 0. The van der Waals surface area contributed by atoms with Crippen LogP contribution in [0, 0.1) is 0 Å². The highest BCUT2D eigenvalue weighted by atomic mass is 32.2. The normalized spacial score (nSPS) is 17.8. The molecule has 1 amide bonds.